The minimum absolute atomic E-state index is 0.0272. The Kier molecular flexibility index (Phi) is 9.16. The molecule has 42 heavy (non-hydrogen) atoms. The Labute approximate surface area is 252 Å². The maximum Gasteiger partial charge on any atom is 0.340 e. The Morgan fingerprint density at radius 3 is 2.40 bits per heavy atom. The standard InChI is InChI=1S/C31H32Cl2F3N3O3/c1-30(2,3)14-18-16-39(29(41)38-15-17-8-10-20(24(34)12-17)28(40)42-4)27(21-6-5-7-23(33)26(21)36)31(18,37)22-11-9-19(32)13-25(22)35/h5-13,18,27H,14-16,37H2,1-4H3,(H,38,41)/t18-,27-,31+/m1/s1. The van der Waals surface area contributed by atoms with Gasteiger partial charge in [0, 0.05) is 35.2 Å². The van der Waals surface area contributed by atoms with Gasteiger partial charge in [-0.15, -0.1) is 0 Å². The Bertz CT molecular complexity index is 1510. The number of hydrogen-bond donors (Lipinski definition) is 2. The molecule has 1 fully saturated rings. The summed E-state index contributed by atoms with van der Waals surface area (Å²) in [5.41, 5.74) is 5.54. The molecule has 0 saturated carbocycles. The van der Waals surface area contributed by atoms with Crippen molar-refractivity contribution in [1.29, 1.82) is 0 Å². The molecule has 0 aromatic heterocycles. The third-order valence-corrected chi connectivity index (χ3v) is 8.06. The maximum absolute atomic E-state index is 15.7. The molecule has 1 aliphatic heterocycles. The minimum atomic E-state index is -1.58. The number of nitrogens with one attached hydrogen (secondary N) is 1. The van der Waals surface area contributed by atoms with Crippen molar-refractivity contribution < 1.29 is 27.5 Å². The number of benzene rings is 3. The number of carbonyl (C=O) groups excluding carboxylic acids is 2. The summed E-state index contributed by atoms with van der Waals surface area (Å²) in [5.74, 6) is -3.61. The molecule has 0 bridgehead atoms. The predicted molar refractivity (Wildman–Crippen MR) is 156 cm³/mol. The molecule has 1 heterocycles. The molecule has 0 spiro atoms. The van der Waals surface area contributed by atoms with Crippen LogP contribution in [-0.2, 0) is 16.8 Å². The Hall–Kier alpha value is -3.27. The molecule has 3 aromatic rings. The Balaban J connectivity index is 1.78. The van der Waals surface area contributed by atoms with E-state index in [0.29, 0.717) is 12.0 Å². The van der Waals surface area contributed by atoms with Crippen LogP contribution in [0.25, 0.3) is 0 Å². The van der Waals surface area contributed by atoms with E-state index in [4.69, 9.17) is 28.9 Å². The lowest BCUT2D eigenvalue weighted by atomic mass is 9.69. The summed E-state index contributed by atoms with van der Waals surface area (Å²) in [6, 6.07) is 10.6. The van der Waals surface area contributed by atoms with E-state index >= 15 is 8.78 Å². The number of amides is 2. The zero-order valence-electron chi connectivity index (χ0n) is 23.6. The number of halogens is 5. The highest BCUT2D eigenvalue weighted by Crippen LogP contribution is 2.53. The third-order valence-electron chi connectivity index (χ3n) is 7.53. The molecule has 224 valence electrons. The van der Waals surface area contributed by atoms with Gasteiger partial charge in [-0.1, -0.05) is 68.2 Å². The molecule has 2 amide bonds. The number of methoxy groups -OCH3 is 1. The van der Waals surface area contributed by atoms with Gasteiger partial charge in [-0.05, 0) is 47.7 Å². The summed E-state index contributed by atoms with van der Waals surface area (Å²) in [6.45, 7) is 5.94. The van der Waals surface area contributed by atoms with E-state index in [2.05, 4.69) is 10.1 Å². The van der Waals surface area contributed by atoms with Crippen LogP contribution in [0.1, 0.15) is 60.3 Å². The van der Waals surface area contributed by atoms with Crippen LogP contribution in [-0.4, -0.2) is 30.6 Å². The van der Waals surface area contributed by atoms with Crippen LogP contribution in [0.3, 0.4) is 0 Å². The lowest BCUT2D eigenvalue weighted by molar-refractivity contribution is 0.0595. The highest BCUT2D eigenvalue weighted by molar-refractivity contribution is 6.31. The monoisotopic (exact) mass is 621 g/mol. The first kappa shape index (κ1) is 31.7. The summed E-state index contributed by atoms with van der Waals surface area (Å²) in [6.07, 6.45) is 0.467. The molecule has 3 atom stereocenters. The minimum Gasteiger partial charge on any atom is -0.465 e. The number of ether oxygens (including phenoxy) is 1. The highest BCUT2D eigenvalue weighted by atomic mass is 35.5. The normalized spacial score (nSPS) is 20.5. The molecule has 1 aliphatic rings. The predicted octanol–water partition coefficient (Wildman–Crippen LogP) is 7.37. The number of likely N-dealkylation sites (tertiary alicyclic amines) is 1. The van der Waals surface area contributed by atoms with Crippen molar-refractivity contribution in [3.63, 3.8) is 0 Å². The molecule has 6 nitrogen and oxygen atoms in total. The number of hydrogen-bond acceptors (Lipinski definition) is 4. The van der Waals surface area contributed by atoms with E-state index in [0.717, 1.165) is 19.2 Å². The van der Waals surface area contributed by atoms with E-state index in [1.807, 2.05) is 20.8 Å². The molecule has 3 N–H and O–H groups in total. The number of esters is 1. The van der Waals surface area contributed by atoms with Gasteiger partial charge in [0.1, 0.15) is 17.5 Å². The van der Waals surface area contributed by atoms with Crippen molar-refractivity contribution in [2.75, 3.05) is 13.7 Å². The third kappa shape index (κ3) is 6.23. The second kappa shape index (κ2) is 12.1. The fraction of sp³-hybridized carbons (Fsp3) is 0.355. The van der Waals surface area contributed by atoms with E-state index in [1.54, 1.807) is 0 Å². The average Bonchev–Trinajstić information content (AvgIpc) is 3.19. The van der Waals surface area contributed by atoms with Crippen LogP contribution < -0.4 is 11.1 Å². The summed E-state index contributed by atoms with van der Waals surface area (Å²) >= 11 is 12.2. The van der Waals surface area contributed by atoms with Gasteiger partial charge in [0.05, 0.1) is 29.3 Å². The molecule has 0 unspecified atom stereocenters. The van der Waals surface area contributed by atoms with Gasteiger partial charge in [-0.2, -0.15) is 0 Å². The Morgan fingerprint density at radius 1 is 1.07 bits per heavy atom. The molecule has 11 heteroatoms. The van der Waals surface area contributed by atoms with Crippen molar-refractivity contribution in [2.45, 2.75) is 45.3 Å². The quantitative estimate of drug-likeness (QED) is 0.281. The van der Waals surface area contributed by atoms with Crippen LogP contribution >= 0.6 is 23.2 Å². The van der Waals surface area contributed by atoms with Gasteiger partial charge >= 0.3 is 12.0 Å². The summed E-state index contributed by atoms with van der Waals surface area (Å²) in [7, 11) is 1.14. The average molecular weight is 623 g/mol. The van der Waals surface area contributed by atoms with Crippen LogP contribution in [0.2, 0.25) is 10.0 Å². The Morgan fingerprint density at radius 2 is 1.79 bits per heavy atom. The number of nitrogens with two attached hydrogens (primary N) is 1. The largest absolute Gasteiger partial charge is 0.465 e. The number of rotatable bonds is 6. The zero-order valence-corrected chi connectivity index (χ0v) is 25.1. The topological polar surface area (TPSA) is 84.7 Å². The lowest BCUT2D eigenvalue weighted by Crippen LogP contribution is -2.50. The van der Waals surface area contributed by atoms with Gasteiger partial charge in [0.2, 0.25) is 0 Å². The molecule has 0 radical (unpaired) electrons. The first-order chi connectivity index (χ1) is 19.7. The molecule has 3 aromatic carbocycles. The summed E-state index contributed by atoms with van der Waals surface area (Å²) in [4.78, 5) is 26.9. The fourth-order valence-electron chi connectivity index (χ4n) is 5.74. The van der Waals surface area contributed by atoms with Crippen LogP contribution in [0, 0.1) is 28.8 Å². The first-order valence-corrected chi connectivity index (χ1v) is 14.0. The SMILES string of the molecule is COC(=O)c1ccc(CNC(=O)N2C[C@@H](CC(C)(C)C)[C@](N)(c3ccc(Cl)cc3F)[C@H]2c2cccc(Cl)c2F)cc1F. The van der Waals surface area contributed by atoms with Gasteiger partial charge in [-0.25, -0.2) is 22.8 Å². The molecular weight excluding hydrogens is 590 g/mol. The zero-order chi connectivity index (χ0) is 31.0. The highest BCUT2D eigenvalue weighted by Gasteiger charge is 2.57. The summed E-state index contributed by atoms with van der Waals surface area (Å²) in [5, 5.41) is 2.73. The van der Waals surface area contributed by atoms with E-state index in [1.165, 1.54) is 47.4 Å². The van der Waals surface area contributed by atoms with Gasteiger partial charge in [0.15, 0.2) is 0 Å². The second-order valence-electron chi connectivity index (χ2n) is 11.7. The molecule has 0 aliphatic carbocycles. The van der Waals surface area contributed by atoms with Gasteiger partial charge in [-0.3, -0.25) is 0 Å². The van der Waals surface area contributed by atoms with Crippen molar-refractivity contribution in [3.05, 3.63) is 104 Å². The van der Waals surface area contributed by atoms with Gasteiger partial charge in [0.25, 0.3) is 0 Å². The smallest absolute Gasteiger partial charge is 0.340 e. The fourth-order valence-corrected chi connectivity index (χ4v) is 6.08. The number of urea groups is 1. The van der Waals surface area contributed by atoms with Crippen molar-refractivity contribution >= 4 is 35.2 Å². The lowest BCUT2D eigenvalue weighted by Gasteiger charge is -2.40. The van der Waals surface area contributed by atoms with Crippen LogP contribution in [0.15, 0.2) is 54.6 Å². The van der Waals surface area contributed by atoms with Crippen molar-refractivity contribution in [1.82, 2.24) is 10.2 Å². The number of carbonyl (C=O) groups is 2. The van der Waals surface area contributed by atoms with E-state index in [-0.39, 0.29) is 45.2 Å². The van der Waals surface area contributed by atoms with Crippen LogP contribution in [0.5, 0.6) is 0 Å². The van der Waals surface area contributed by atoms with Crippen molar-refractivity contribution in [3.8, 4) is 0 Å². The molecular formula is C31H32Cl2F3N3O3. The molecule has 4 rings (SSSR count). The van der Waals surface area contributed by atoms with Gasteiger partial charge < -0.3 is 20.7 Å². The van der Waals surface area contributed by atoms with E-state index < -0.39 is 47.0 Å². The molecule has 1 saturated heterocycles. The van der Waals surface area contributed by atoms with Crippen LogP contribution in [0.4, 0.5) is 18.0 Å². The van der Waals surface area contributed by atoms with Crippen molar-refractivity contribution in [2.24, 2.45) is 17.1 Å². The van der Waals surface area contributed by atoms with E-state index in [9.17, 15) is 14.0 Å². The number of nitrogens with zero attached hydrogens (tertiary/aromatic N) is 1. The maximum atomic E-state index is 15.7. The summed E-state index contributed by atoms with van der Waals surface area (Å²) < 4.78 is 50.3. The second-order valence-corrected chi connectivity index (χ2v) is 12.5. The first-order valence-electron chi connectivity index (χ1n) is 13.3.